The van der Waals surface area contributed by atoms with Gasteiger partial charge in [-0.2, -0.15) is 0 Å². The zero-order valence-corrected chi connectivity index (χ0v) is 12.4. The van der Waals surface area contributed by atoms with Crippen LogP contribution in [0, 0.1) is 0 Å². The second-order valence-corrected chi connectivity index (χ2v) is 5.73. The monoisotopic (exact) mass is 349 g/mol. The van der Waals surface area contributed by atoms with Gasteiger partial charge < -0.3 is 9.84 Å². The number of nitrogens with zero attached hydrogens (tertiary/aromatic N) is 2. The smallest absolute Gasteiger partial charge is 0.279 e. The number of hydrogen-bond acceptors (Lipinski definition) is 5. The van der Waals surface area contributed by atoms with Gasteiger partial charge in [0.15, 0.2) is 11.5 Å². The number of carbonyl (C=O) groups excluding carboxylic acids is 1. The van der Waals surface area contributed by atoms with Crippen molar-refractivity contribution in [2.75, 3.05) is 5.32 Å². The Bertz CT molecular complexity index is 722. The van der Waals surface area contributed by atoms with E-state index in [1.165, 1.54) is 11.3 Å². The van der Waals surface area contributed by atoms with Gasteiger partial charge in [0.1, 0.15) is 5.82 Å². The van der Waals surface area contributed by atoms with Crippen LogP contribution in [0.2, 0.25) is 0 Å². The summed E-state index contributed by atoms with van der Waals surface area (Å²) in [6.07, 6.45) is 1.61. The second-order valence-electron chi connectivity index (χ2n) is 3.87. The molecule has 100 valence electrons. The zero-order valence-electron chi connectivity index (χ0n) is 10.0. The number of carbonyl (C=O) groups is 1. The molecule has 1 N–H and O–H groups in total. The Morgan fingerprint density at radius 1 is 1.35 bits per heavy atom. The highest BCUT2D eigenvalue weighted by atomic mass is 79.9. The lowest BCUT2D eigenvalue weighted by molar-refractivity contribution is 0.101. The summed E-state index contributed by atoms with van der Waals surface area (Å²) in [5.41, 5.74) is 0.220. The average molecular weight is 350 g/mol. The minimum Gasteiger partial charge on any atom is -0.355 e. The molecular formula is C13H8BrN3O2S. The van der Waals surface area contributed by atoms with Crippen molar-refractivity contribution in [2.45, 2.75) is 0 Å². The van der Waals surface area contributed by atoms with Crippen molar-refractivity contribution in [3.63, 3.8) is 0 Å². The molecule has 0 aliphatic heterocycles. The fourth-order valence-electron chi connectivity index (χ4n) is 1.55. The summed E-state index contributed by atoms with van der Waals surface area (Å²) in [5.74, 6) is 0.680. The first-order valence-corrected chi connectivity index (χ1v) is 7.33. The molecule has 5 nitrogen and oxygen atoms in total. The van der Waals surface area contributed by atoms with Gasteiger partial charge in [0.2, 0.25) is 0 Å². The maximum Gasteiger partial charge on any atom is 0.279 e. The molecule has 3 heterocycles. The third-order valence-electron chi connectivity index (χ3n) is 2.48. The molecule has 3 aromatic rings. The van der Waals surface area contributed by atoms with E-state index in [0.717, 1.165) is 9.35 Å². The lowest BCUT2D eigenvalue weighted by Crippen LogP contribution is -2.13. The van der Waals surface area contributed by atoms with Crippen LogP contribution < -0.4 is 5.32 Å². The van der Waals surface area contributed by atoms with Gasteiger partial charge in [0, 0.05) is 16.7 Å². The summed E-state index contributed by atoms with van der Waals surface area (Å²) in [6.45, 7) is 0. The van der Waals surface area contributed by atoms with Gasteiger partial charge in [0.25, 0.3) is 5.91 Å². The van der Waals surface area contributed by atoms with Crippen LogP contribution in [0.4, 0.5) is 5.82 Å². The number of anilines is 1. The molecule has 0 unspecified atom stereocenters. The van der Waals surface area contributed by atoms with E-state index in [0.29, 0.717) is 11.6 Å². The standard InChI is InChI=1S/C13H8BrN3O2S/c14-8-3-4-12(15-7-8)16-13(18)9-6-10(19-17-9)11-2-1-5-20-11/h1-7H,(H,15,16,18). The van der Waals surface area contributed by atoms with Crippen LogP contribution >= 0.6 is 27.3 Å². The van der Waals surface area contributed by atoms with Crippen LogP contribution in [0.15, 0.2) is 50.9 Å². The molecule has 0 bridgehead atoms. The van der Waals surface area contributed by atoms with Crippen molar-refractivity contribution in [1.82, 2.24) is 10.1 Å². The Hall–Kier alpha value is -1.99. The minimum absolute atomic E-state index is 0.220. The van der Waals surface area contributed by atoms with Crippen LogP contribution in [0.5, 0.6) is 0 Å². The van der Waals surface area contributed by atoms with Gasteiger partial charge in [-0.3, -0.25) is 4.79 Å². The van der Waals surface area contributed by atoms with Crippen molar-refractivity contribution in [3.8, 4) is 10.6 Å². The maximum absolute atomic E-state index is 12.0. The van der Waals surface area contributed by atoms with E-state index < -0.39 is 0 Å². The lowest BCUT2D eigenvalue weighted by Gasteiger charge is -2.00. The van der Waals surface area contributed by atoms with E-state index in [4.69, 9.17) is 4.52 Å². The first-order valence-electron chi connectivity index (χ1n) is 5.66. The lowest BCUT2D eigenvalue weighted by atomic mass is 10.3. The molecule has 0 saturated carbocycles. The largest absolute Gasteiger partial charge is 0.355 e. The fourth-order valence-corrected chi connectivity index (χ4v) is 2.45. The molecule has 3 rings (SSSR count). The zero-order chi connectivity index (χ0) is 13.9. The summed E-state index contributed by atoms with van der Waals surface area (Å²) in [4.78, 5) is 17.0. The molecule has 0 spiro atoms. The Morgan fingerprint density at radius 3 is 2.95 bits per heavy atom. The normalized spacial score (nSPS) is 10.4. The van der Waals surface area contributed by atoms with Gasteiger partial charge in [-0.15, -0.1) is 11.3 Å². The molecule has 20 heavy (non-hydrogen) atoms. The molecule has 0 aromatic carbocycles. The molecule has 0 atom stereocenters. The number of halogens is 1. The summed E-state index contributed by atoms with van der Waals surface area (Å²) < 4.78 is 6.00. The van der Waals surface area contributed by atoms with Gasteiger partial charge in [-0.1, -0.05) is 11.2 Å². The van der Waals surface area contributed by atoms with Crippen LogP contribution in [0.3, 0.4) is 0 Å². The van der Waals surface area contributed by atoms with E-state index in [1.54, 1.807) is 24.4 Å². The number of pyridine rings is 1. The molecule has 0 fully saturated rings. The Morgan fingerprint density at radius 2 is 2.25 bits per heavy atom. The van der Waals surface area contributed by atoms with E-state index in [2.05, 4.69) is 31.4 Å². The Kier molecular flexibility index (Phi) is 3.62. The van der Waals surface area contributed by atoms with Crippen LogP contribution in [-0.2, 0) is 0 Å². The molecule has 0 aliphatic rings. The van der Waals surface area contributed by atoms with E-state index in [9.17, 15) is 4.79 Å². The first kappa shape index (κ1) is 13.0. The van der Waals surface area contributed by atoms with Crippen molar-refractivity contribution >= 4 is 39.0 Å². The van der Waals surface area contributed by atoms with Gasteiger partial charge >= 0.3 is 0 Å². The first-order chi connectivity index (χ1) is 9.72. The quantitative estimate of drug-likeness (QED) is 0.780. The summed E-state index contributed by atoms with van der Waals surface area (Å²) in [5, 5.41) is 8.36. The summed E-state index contributed by atoms with van der Waals surface area (Å²) in [7, 11) is 0. The third kappa shape index (κ3) is 2.78. The highest BCUT2D eigenvalue weighted by Crippen LogP contribution is 2.25. The summed E-state index contributed by atoms with van der Waals surface area (Å²) in [6, 6.07) is 8.92. The minimum atomic E-state index is -0.355. The van der Waals surface area contributed by atoms with Crippen molar-refractivity contribution in [3.05, 3.63) is 52.1 Å². The third-order valence-corrected chi connectivity index (χ3v) is 3.83. The highest BCUT2D eigenvalue weighted by Gasteiger charge is 2.14. The molecule has 0 aliphatic carbocycles. The Labute approximate surface area is 126 Å². The van der Waals surface area contributed by atoms with Gasteiger partial charge in [0.05, 0.1) is 4.88 Å². The number of rotatable bonds is 3. The predicted molar refractivity (Wildman–Crippen MR) is 79.7 cm³/mol. The number of aromatic nitrogens is 2. The SMILES string of the molecule is O=C(Nc1ccc(Br)cn1)c1cc(-c2cccs2)on1. The van der Waals surface area contributed by atoms with E-state index in [-0.39, 0.29) is 11.6 Å². The highest BCUT2D eigenvalue weighted by molar-refractivity contribution is 9.10. The molecule has 0 radical (unpaired) electrons. The molecule has 0 saturated heterocycles. The van der Waals surface area contributed by atoms with Crippen molar-refractivity contribution in [1.29, 1.82) is 0 Å². The molecule has 7 heteroatoms. The molecule has 1 amide bonds. The van der Waals surface area contributed by atoms with Gasteiger partial charge in [-0.25, -0.2) is 4.98 Å². The topological polar surface area (TPSA) is 68.0 Å². The van der Waals surface area contributed by atoms with Crippen molar-refractivity contribution in [2.24, 2.45) is 0 Å². The fraction of sp³-hybridized carbons (Fsp3) is 0. The van der Waals surface area contributed by atoms with E-state index in [1.807, 2.05) is 17.5 Å². The van der Waals surface area contributed by atoms with Crippen LogP contribution in [0.25, 0.3) is 10.6 Å². The number of thiophene rings is 1. The number of amides is 1. The maximum atomic E-state index is 12.0. The summed E-state index contributed by atoms with van der Waals surface area (Å²) >= 11 is 4.80. The average Bonchev–Trinajstić information content (AvgIpc) is 3.11. The Balaban J connectivity index is 1.76. The number of nitrogens with one attached hydrogen (secondary N) is 1. The molecular weight excluding hydrogens is 342 g/mol. The van der Waals surface area contributed by atoms with Crippen LogP contribution in [-0.4, -0.2) is 16.0 Å². The molecule has 3 aromatic heterocycles. The predicted octanol–water partition coefficient (Wildman–Crippen LogP) is 3.81. The van der Waals surface area contributed by atoms with Crippen molar-refractivity contribution < 1.29 is 9.32 Å². The number of hydrogen-bond donors (Lipinski definition) is 1. The van der Waals surface area contributed by atoms with Crippen LogP contribution in [0.1, 0.15) is 10.5 Å². The van der Waals surface area contributed by atoms with Gasteiger partial charge in [-0.05, 0) is 39.5 Å². The van der Waals surface area contributed by atoms with E-state index >= 15 is 0 Å². The second kappa shape index (κ2) is 5.56.